The van der Waals surface area contributed by atoms with Crippen molar-refractivity contribution in [3.8, 4) is 0 Å². The minimum absolute atomic E-state index is 0.303. The van der Waals surface area contributed by atoms with Crippen LogP contribution in [0.3, 0.4) is 0 Å². The molecular weight excluding hydrogens is 421 g/mol. The van der Waals surface area contributed by atoms with Crippen LogP contribution in [-0.4, -0.2) is 62.3 Å². The molecule has 0 aromatic heterocycles. The summed E-state index contributed by atoms with van der Waals surface area (Å²) >= 11 is -0.531. The van der Waals surface area contributed by atoms with Gasteiger partial charge in [0, 0.05) is 18.0 Å². The van der Waals surface area contributed by atoms with Gasteiger partial charge >= 0.3 is 21.7 Å². The number of carboxylic acids is 1. The molecule has 1 aromatic carbocycles. The first-order chi connectivity index (χ1) is 11.8. The number of hydrogen-bond donors (Lipinski definition) is 2. The number of hydrogen-bond acceptors (Lipinski definition) is 6. The number of sulfone groups is 1. The minimum Gasteiger partial charge on any atom is -0.478 e. The molecule has 26 heavy (non-hydrogen) atoms. The third-order valence-corrected chi connectivity index (χ3v) is 7.19. The van der Waals surface area contributed by atoms with E-state index in [4.69, 9.17) is 5.11 Å². The van der Waals surface area contributed by atoms with Gasteiger partial charge in [-0.05, 0) is 30.0 Å². The van der Waals surface area contributed by atoms with Gasteiger partial charge in [0.1, 0.15) is 0 Å². The van der Waals surface area contributed by atoms with E-state index < -0.39 is 59.4 Å². The maximum absolute atomic E-state index is 12.4. The second-order valence-electron chi connectivity index (χ2n) is 5.22. The zero-order chi connectivity index (χ0) is 19.8. The molecule has 14 heteroatoms. The summed E-state index contributed by atoms with van der Waals surface area (Å²) in [5, 5.41) is 9.15. The number of aromatic carboxylic acids is 1. The molecule has 2 N–H and O–H groups in total. The van der Waals surface area contributed by atoms with Crippen molar-refractivity contribution < 1.29 is 39.9 Å². The predicted octanol–water partition coefficient (Wildman–Crippen LogP) is 1.38. The van der Waals surface area contributed by atoms with Crippen molar-refractivity contribution in [2.75, 3.05) is 29.3 Å². The summed E-state index contributed by atoms with van der Waals surface area (Å²) < 4.78 is 87.3. The van der Waals surface area contributed by atoms with Gasteiger partial charge in [0.15, 0.2) is 9.84 Å². The standard InChI is InChI=1S/C12H13F3N2O6S3/c13-12(14,15)24-8-1-2-10(9(7-8)11(18)19)16-26(22,23)17-3-5-25(20,21)6-4-17/h1-2,7,16H,3-6H2,(H,18,19). The molecule has 1 fully saturated rings. The monoisotopic (exact) mass is 434 g/mol. The second kappa shape index (κ2) is 7.25. The second-order valence-corrected chi connectivity index (χ2v) is 10.3. The van der Waals surface area contributed by atoms with Crippen molar-refractivity contribution in [2.24, 2.45) is 0 Å². The normalized spacial score (nSPS) is 18.4. The third kappa shape index (κ3) is 5.49. The average Bonchev–Trinajstić information content (AvgIpc) is 2.46. The molecule has 1 heterocycles. The van der Waals surface area contributed by atoms with Gasteiger partial charge in [-0.1, -0.05) is 0 Å². The highest BCUT2D eigenvalue weighted by atomic mass is 32.2. The molecule has 0 amide bonds. The number of nitrogens with one attached hydrogen (secondary N) is 1. The van der Waals surface area contributed by atoms with Crippen molar-refractivity contribution >= 4 is 43.5 Å². The molecule has 8 nitrogen and oxygen atoms in total. The summed E-state index contributed by atoms with van der Waals surface area (Å²) in [4.78, 5) is 10.9. The number of anilines is 1. The highest BCUT2D eigenvalue weighted by Gasteiger charge is 2.32. The zero-order valence-corrected chi connectivity index (χ0v) is 15.3. The topological polar surface area (TPSA) is 121 Å². The number of benzene rings is 1. The fourth-order valence-corrected chi connectivity index (χ4v) is 5.39. The Bertz CT molecular complexity index is 901. The Morgan fingerprint density at radius 3 is 2.31 bits per heavy atom. The Labute approximate surface area is 151 Å². The van der Waals surface area contributed by atoms with Crippen LogP contribution in [0.25, 0.3) is 0 Å². The van der Waals surface area contributed by atoms with Gasteiger partial charge in [0.05, 0.1) is 22.8 Å². The van der Waals surface area contributed by atoms with Gasteiger partial charge < -0.3 is 5.11 Å². The Hall–Kier alpha value is -1.51. The number of nitrogens with zero attached hydrogens (tertiary/aromatic N) is 1. The Balaban J connectivity index is 2.26. The molecule has 0 bridgehead atoms. The highest BCUT2D eigenvalue weighted by molar-refractivity contribution is 8.00. The quantitative estimate of drug-likeness (QED) is 0.672. The van der Waals surface area contributed by atoms with E-state index in [-0.39, 0.29) is 24.6 Å². The van der Waals surface area contributed by atoms with Crippen LogP contribution < -0.4 is 4.72 Å². The largest absolute Gasteiger partial charge is 0.478 e. The maximum atomic E-state index is 12.4. The summed E-state index contributed by atoms with van der Waals surface area (Å²) in [5.41, 5.74) is -5.71. The fraction of sp³-hybridized carbons (Fsp3) is 0.417. The van der Waals surface area contributed by atoms with Crippen LogP contribution in [0.4, 0.5) is 18.9 Å². The van der Waals surface area contributed by atoms with E-state index in [1.807, 2.05) is 4.72 Å². The first-order valence-corrected chi connectivity index (χ1v) is 11.0. The number of halogens is 3. The molecular formula is C12H13F3N2O6S3. The first-order valence-electron chi connectivity index (χ1n) is 6.90. The minimum atomic E-state index is -4.63. The van der Waals surface area contributed by atoms with Crippen molar-refractivity contribution in [1.29, 1.82) is 0 Å². The Morgan fingerprint density at radius 1 is 1.23 bits per heavy atom. The average molecular weight is 434 g/mol. The SMILES string of the molecule is O=C(O)c1cc(SC(F)(F)F)ccc1NS(=O)(=O)N1CCS(=O)(=O)CC1. The van der Waals surface area contributed by atoms with Gasteiger partial charge in [0.2, 0.25) is 0 Å². The number of carbonyl (C=O) groups is 1. The molecule has 0 unspecified atom stereocenters. The number of thioether (sulfide) groups is 1. The highest BCUT2D eigenvalue weighted by Crippen LogP contribution is 2.38. The van der Waals surface area contributed by atoms with E-state index >= 15 is 0 Å². The van der Waals surface area contributed by atoms with Crippen LogP contribution in [0.1, 0.15) is 10.4 Å². The van der Waals surface area contributed by atoms with Gasteiger partial charge in [-0.3, -0.25) is 4.72 Å². The van der Waals surface area contributed by atoms with Crippen LogP contribution in [-0.2, 0) is 20.0 Å². The predicted molar refractivity (Wildman–Crippen MR) is 88.1 cm³/mol. The molecule has 1 aliphatic heterocycles. The number of alkyl halides is 3. The molecule has 0 radical (unpaired) electrons. The smallest absolute Gasteiger partial charge is 0.446 e. The van der Waals surface area contributed by atoms with E-state index in [0.29, 0.717) is 6.07 Å². The fourth-order valence-electron chi connectivity index (χ4n) is 2.13. The van der Waals surface area contributed by atoms with Crippen LogP contribution in [0.5, 0.6) is 0 Å². The van der Waals surface area contributed by atoms with Crippen molar-refractivity contribution in [3.63, 3.8) is 0 Å². The van der Waals surface area contributed by atoms with Crippen molar-refractivity contribution in [3.05, 3.63) is 23.8 Å². The molecule has 1 aromatic rings. The number of carboxylic acid groups (broad SMARTS) is 1. The van der Waals surface area contributed by atoms with Crippen LogP contribution in [0.2, 0.25) is 0 Å². The van der Waals surface area contributed by atoms with Gasteiger partial charge in [-0.25, -0.2) is 13.2 Å². The van der Waals surface area contributed by atoms with Gasteiger partial charge in [-0.2, -0.15) is 25.9 Å². The van der Waals surface area contributed by atoms with E-state index in [9.17, 15) is 34.8 Å². The summed E-state index contributed by atoms with van der Waals surface area (Å²) in [6, 6.07) is 2.55. The molecule has 0 aliphatic carbocycles. The van der Waals surface area contributed by atoms with Gasteiger partial charge in [-0.15, -0.1) is 0 Å². The van der Waals surface area contributed by atoms with E-state index in [1.54, 1.807) is 0 Å². The van der Waals surface area contributed by atoms with Crippen LogP contribution >= 0.6 is 11.8 Å². The van der Waals surface area contributed by atoms with Crippen LogP contribution in [0, 0.1) is 0 Å². The van der Waals surface area contributed by atoms with E-state index in [2.05, 4.69) is 0 Å². The van der Waals surface area contributed by atoms with Crippen LogP contribution in [0.15, 0.2) is 23.1 Å². The molecule has 0 saturated carbocycles. The third-order valence-electron chi connectivity index (χ3n) is 3.34. The lowest BCUT2D eigenvalue weighted by Crippen LogP contribution is -2.46. The molecule has 1 saturated heterocycles. The maximum Gasteiger partial charge on any atom is 0.446 e. The van der Waals surface area contributed by atoms with Gasteiger partial charge in [0.25, 0.3) is 0 Å². The Morgan fingerprint density at radius 2 is 1.81 bits per heavy atom. The summed E-state index contributed by atoms with van der Waals surface area (Å²) in [5.74, 6) is -2.37. The lowest BCUT2D eigenvalue weighted by Gasteiger charge is -2.26. The zero-order valence-electron chi connectivity index (χ0n) is 12.9. The summed E-state index contributed by atoms with van der Waals surface area (Å²) in [6.07, 6.45) is 0. The molecule has 0 spiro atoms. The summed E-state index contributed by atoms with van der Waals surface area (Å²) in [7, 11) is -7.59. The lowest BCUT2D eigenvalue weighted by atomic mass is 10.2. The van der Waals surface area contributed by atoms with Crippen molar-refractivity contribution in [2.45, 2.75) is 10.4 Å². The summed E-state index contributed by atoms with van der Waals surface area (Å²) in [6.45, 7) is -0.607. The van der Waals surface area contributed by atoms with Crippen molar-refractivity contribution in [1.82, 2.24) is 4.31 Å². The van der Waals surface area contributed by atoms with E-state index in [0.717, 1.165) is 16.4 Å². The number of rotatable bonds is 5. The molecule has 2 rings (SSSR count). The van der Waals surface area contributed by atoms with E-state index in [1.165, 1.54) is 0 Å². The molecule has 1 aliphatic rings. The molecule has 146 valence electrons. The first kappa shape index (κ1) is 20.8. The Kier molecular flexibility index (Phi) is 5.80. The molecule has 0 atom stereocenters. The lowest BCUT2D eigenvalue weighted by molar-refractivity contribution is -0.0328.